The molecule has 1 fully saturated rings. The first-order valence-corrected chi connectivity index (χ1v) is 8.77. The zero-order valence-corrected chi connectivity index (χ0v) is 15.3. The number of benzene rings is 1. The SMILES string of the molecule is O=C(Oc1c(Cl)cc(Cl)cc1Cl)C1CCCN(C(=O)c2ccoc2)C1. The minimum Gasteiger partial charge on any atom is -0.472 e. The molecule has 132 valence electrons. The van der Waals surface area contributed by atoms with Crippen LogP contribution in [0.4, 0.5) is 0 Å². The van der Waals surface area contributed by atoms with E-state index in [4.69, 9.17) is 44.0 Å². The fourth-order valence-corrected chi connectivity index (χ4v) is 3.63. The maximum Gasteiger partial charge on any atom is 0.316 e. The number of likely N-dealkylation sites (tertiary alicyclic amines) is 1. The Balaban J connectivity index is 1.69. The molecule has 8 heteroatoms. The van der Waals surface area contributed by atoms with E-state index in [1.54, 1.807) is 11.0 Å². The Kier molecular flexibility index (Phi) is 5.57. The molecule has 1 saturated heterocycles. The van der Waals surface area contributed by atoms with Gasteiger partial charge in [0, 0.05) is 18.1 Å². The molecule has 0 N–H and O–H groups in total. The van der Waals surface area contributed by atoms with Crippen molar-refractivity contribution in [3.05, 3.63) is 51.4 Å². The molecule has 0 aliphatic carbocycles. The van der Waals surface area contributed by atoms with Crippen molar-refractivity contribution in [3.63, 3.8) is 0 Å². The largest absolute Gasteiger partial charge is 0.472 e. The van der Waals surface area contributed by atoms with Crippen molar-refractivity contribution in [1.29, 1.82) is 0 Å². The predicted octanol–water partition coefficient (Wildman–Crippen LogP) is 4.70. The Hall–Kier alpha value is -1.69. The van der Waals surface area contributed by atoms with E-state index in [0.717, 1.165) is 0 Å². The summed E-state index contributed by atoms with van der Waals surface area (Å²) in [5.74, 6) is -1.02. The van der Waals surface area contributed by atoms with E-state index < -0.39 is 11.9 Å². The van der Waals surface area contributed by atoms with E-state index in [1.807, 2.05) is 0 Å². The van der Waals surface area contributed by atoms with E-state index in [-0.39, 0.29) is 28.2 Å². The fourth-order valence-electron chi connectivity index (χ4n) is 2.73. The van der Waals surface area contributed by atoms with Crippen LogP contribution >= 0.6 is 34.8 Å². The first kappa shape index (κ1) is 18.1. The fraction of sp³-hybridized carbons (Fsp3) is 0.294. The second kappa shape index (κ2) is 7.68. The molecule has 1 aliphatic rings. The quantitative estimate of drug-likeness (QED) is 0.551. The standard InChI is InChI=1S/C17H14Cl3NO4/c18-12-6-13(19)15(14(20)7-12)25-17(23)10-2-1-4-21(8-10)16(22)11-3-5-24-9-11/h3,5-7,9-10H,1-2,4,8H2. The van der Waals surface area contributed by atoms with Crippen LogP contribution in [-0.2, 0) is 4.79 Å². The van der Waals surface area contributed by atoms with Crippen LogP contribution in [0.25, 0.3) is 0 Å². The number of ether oxygens (including phenoxy) is 1. The number of hydrogen-bond donors (Lipinski definition) is 0. The Morgan fingerprint density at radius 3 is 2.56 bits per heavy atom. The summed E-state index contributed by atoms with van der Waals surface area (Å²) in [6.45, 7) is 0.849. The van der Waals surface area contributed by atoms with Crippen LogP contribution in [0.5, 0.6) is 5.75 Å². The van der Waals surface area contributed by atoms with Crippen LogP contribution in [0.2, 0.25) is 15.1 Å². The van der Waals surface area contributed by atoms with Crippen LogP contribution in [0.3, 0.4) is 0 Å². The van der Waals surface area contributed by atoms with E-state index in [1.165, 1.54) is 24.7 Å². The van der Waals surface area contributed by atoms with Gasteiger partial charge in [-0.05, 0) is 31.0 Å². The van der Waals surface area contributed by atoms with Crippen molar-refractivity contribution in [2.75, 3.05) is 13.1 Å². The lowest BCUT2D eigenvalue weighted by atomic mass is 9.97. The van der Waals surface area contributed by atoms with Crippen molar-refractivity contribution in [1.82, 2.24) is 4.90 Å². The Labute approximate surface area is 159 Å². The van der Waals surface area contributed by atoms with Gasteiger partial charge in [-0.25, -0.2) is 0 Å². The summed E-state index contributed by atoms with van der Waals surface area (Å²) in [7, 11) is 0. The van der Waals surface area contributed by atoms with Crippen molar-refractivity contribution < 1.29 is 18.7 Å². The van der Waals surface area contributed by atoms with Gasteiger partial charge in [-0.15, -0.1) is 0 Å². The van der Waals surface area contributed by atoms with Crippen LogP contribution < -0.4 is 4.74 Å². The van der Waals surface area contributed by atoms with Gasteiger partial charge < -0.3 is 14.1 Å². The topological polar surface area (TPSA) is 59.8 Å². The third-order valence-electron chi connectivity index (χ3n) is 3.98. The normalized spacial score (nSPS) is 17.4. The lowest BCUT2D eigenvalue weighted by molar-refractivity contribution is -0.140. The number of carbonyl (C=O) groups is 2. The number of carbonyl (C=O) groups excluding carboxylic acids is 2. The summed E-state index contributed by atoms with van der Waals surface area (Å²) >= 11 is 17.9. The molecule has 0 bridgehead atoms. The molecule has 1 atom stereocenters. The highest BCUT2D eigenvalue weighted by atomic mass is 35.5. The smallest absolute Gasteiger partial charge is 0.316 e. The molecule has 1 aliphatic heterocycles. The Morgan fingerprint density at radius 1 is 1.20 bits per heavy atom. The van der Waals surface area contributed by atoms with Crippen LogP contribution in [0.1, 0.15) is 23.2 Å². The lowest BCUT2D eigenvalue weighted by Gasteiger charge is -2.31. The molecule has 2 aromatic rings. The molecule has 1 unspecified atom stereocenters. The molecule has 1 aromatic heterocycles. The van der Waals surface area contributed by atoms with Crippen molar-refractivity contribution in [2.24, 2.45) is 5.92 Å². The number of nitrogens with zero attached hydrogens (tertiary/aromatic N) is 1. The van der Waals surface area contributed by atoms with Gasteiger partial charge in [0.25, 0.3) is 5.91 Å². The lowest BCUT2D eigenvalue weighted by Crippen LogP contribution is -2.43. The van der Waals surface area contributed by atoms with Gasteiger partial charge >= 0.3 is 5.97 Å². The average Bonchev–Trinajstić information content (AvgIpc) is 3.12. The van der Waals surface area contributed by atoms with E-state index >= 15 is 0 Å². The number of piperidine rings is 1. The van der Waals surface area contributed by atoms with Crippen molar-refractivity contribution in [3.8, 4) is 5.75 Å². The summed E-state index contributed by atoms with van der Waals surface area (Å²) in [6, 6.07) is 4.50. The average molecular weight is 403 g/mol. The van der Waals surface area contributed by atoms with Gasteiger partial charge in [0.1, 0.15) is 6.26 Å². The molecule has 25 heavy (non-hydrogen) atoms. The number of hydrogen-bond acceptors (Lipinski definition) is 4. The highest BCUT2D eigenvalue weighted by Crippen LogP contribution is 2.36. The number of amides is 1. The van der Waals surface area contributed by atoms with Crippen LogP contribution in [-0.4, -0.2) is 29.9 Å². The summed E-state index contributed by atoms with van der Waals surface area (Å²) in [4.78, 5) is 26.5. The second-order valence-corrected chi connectivity index (χ2v) is 6.97. The first-order chi connectivity index (χ1) is 12.0. The monoisotopic (exact) mass is 401 g/mol. The minimum atomic E-state index is -0.476. The maximum absolute atomic E-state index is 12.5. The zero-order valence-electron chi connectivity index (χ0n) is 13.0. The van der Waals surface area contributed by atoms with E-state index in [2.05, 4.69) is 0 Å². The maximum atomic E-state index is 12.5. The molecule has 1 amide bonds. The third-order valence-corrected chi connectivity index (χ3v) is 4.76. The summed E-state index contributed by atoms with van der Waals surface area (Å²) < 4.78 is 10.3. The summed E-state index contributed by atoms with van der Waals surface area (Å²) in [5.41, 5.74) is 0.456. The van der Waals surface area contributed by atoms with Crippen molar-refractivity contribution in [2.45, 2.75) is 12.8 Å². The second-order valence-electron chi connectivity index (χ2n) is 5.72. The molecular weight excluding hydrogens is 389 g/mol. The summed E-state index contributed by atoms with van der Waals surface area (Å²) in [5, 5.41) is 0.672. The van der Waals surface area contributed by atoms with Gasteiger partial charge in [-0.3, -0.25) is 9.59 Å². The molecule has 0 saturated carbocycles. The molecule has 5 nitrogen and oxygen atoms in total. The third kappa shape index (κ3) is 4.11. The van der Waals surface area contributed by atoms with Crippen LogP contribution in [0, 0.1) is 5.92 Å². The van der Waals surface area contributed by atoms with Crippen molar-refractivity contribution >= 4 is 46.7 Å². The summed E-state index contributed by atoms with van der Waals surface area (Å²) in [6.07, 6.45) is 4.15. The van der Waals surface area contributed by atoms with Gasteiger partial charge in [-0.1, -0.05) is 34.8 Å². The highest BCUT2D eigenvalue weighted by Gasteiger charge is 2.31. The van der Waals surface area contributed by atoms with Gasteiger partial charge in [0.15, 0.2) is 5.75 Å². The predicted molar refractivity (Wildman–Crippen MR) is 94.4 cm³/mol. The molecule has 0 radical (unpaired) electrons. The number of halogens is 3. The Bertz CT molecular complexity index is 768. The number of esters is 1. The molecular formula is C17H14Cl3NO4. The van der Waals surface area contributed by atoms with E-state index in [0.29, 0.717) is 30.0 Å². The van der Waals surface area contributed by atoms with Gasteiger partial charge in [0.05, 0.1) is 27.8 Å². The first-order valence-electron chi connectivity index (χ1n) is 7.63. The van der Waals surface area contributed by atoms with Crippen LogP contribution in [0.15, 0.2) is 35.1 Å². The molecule has 1 aromatic carbocycles. The molecule has 3 rings (SSSR count). The number of furan rings is 1. The van der Waals surface area contributed by atoms with Gasteiger partial charge in [0.2, 0.25) is 0 Å². The minimum absolute atomic E-state index is 0.0796. The number of rotatable bonds is 3. The molecule has 2 heterocycles. The van der Waals surface area contributed by atoms with Gasteiger partial charge in [-0.2, -0.15) is 0 Å². The highest BCUT2D eigenvalue weighted by molar-refractivity contribution is 6.40. The van der Waals surface area contributed by atoms with E-state index in [9.17, 15) is 9.59 Å². The molecule has 0 spiro atoms. The Morgan fingerprint density at radius 2 is 1.92 bits per heavy atom. The zero-order chi connectivity index (χ0) is 18.0.